The van der Waals surface area contributed by atoms with Crippen molar-refractivity contribution in [2.24, 2.45) is 0 Å². The number of carbonyl (C=O) groups excluding carboxylic acids is 2. The average molecular weight is 655 g/mol. The van der Waals surface area contributed by atoms with Crippen molar-refractivity contribution in [3.05, 3.63) is 69.3 Å². The number of nitrogens with one attached hydrogen (secondary N) is 2. The molecule has 0 amide bonds. The minimum atomic E-state index is -0.278. The summed E-state index contributed by atoms with van der Waals surface area (Å²) in [5.41, 5.74) is 15.3. The molecule has 10 nitrogen and oxygen atoms in total. The van der Waals surface area contributed by atoms with Crippen LogP contribution in [0, 0.1) is 13.8 Å². The third-order valence-corrected chi connectivity index (χ3v) is 9.72. The van der Waals surface area contributed by atoms with E-state index in [-0.39, 0.29) is 24.6 Å². The van der Waals surface area contributed by atoms with E-state index in [1.54, 1.807) is 14.2 Å². The molecule has 5 heterocycles. The van der Waals surface area contributed by atoms with Gasteiger partial charge in [-0.1, -0.05) is 0 Å². The van der Waals surface area contributed by atoms with Crippen molar-refractivity contribution in [2.45, 2.75) is 79.4 Å². The molecule has 10 heteroatoms. The molecule has 0 spiro atoms. The number of nitrogens with zero attached hydrogens (tertiary/aromatic N) is 2. The van der Waals surface area contributed by atoms with Crippen LogP contribution in [-0.4, -0.2) is 60.3 Å². The minimum Gasteiger partial charge on any atom is -0.469 e. The Labute approximate surface area is 281 Å². The zero-order chi connectivity index (χ0) is 34.7. The monoisotopic (exact) mass is 654 g/mol. The number of fused-ring (bicyclic) bond motifs is 8. The summed E-state index contributed by atoms with van der Waals surface area (Å²) in [6.07, 6.45) is 1.69. The van der Waals surface area contributed by atoms with Gasteiger partial charge in [0.15, 0.2) is 0 Å². The molecule has 254 valence electrons. The largest absolute Gasteiger partial charge is 0.469 e. The summed E-state index contributed by atoms with van der Waals surface area (Å²) < 4.78 is 21.7. The Kier molecular flexibility index (Phi) is 10.7. The van der Waals surface area contributed by atoms with Crippen LogP contribution >= 0.6 is 0 Å². The van der Waals surface area contributed by atoms with Crippen LogP contribution in [0.1, 0.15) is 111 Å². The Bertz CT molecular complexity index is 1960. The van der Waals surface area contributed by atoms with Crippen LogP contribution in [0.3, 0.4) is 0 Å². The van der Waals surface area contributed by atoms with E-state index in [2.05, 4.69) is 55.9 Å². The number of H-pyrrole nitrogens is 2. The fourth-order valence-electron chi connectivity index (χ4n) is 6.77. The third kappa shape index (κ3) is 6.73. The van der Waals surface area contributed by atoms with Crippen LogP contribution in [0.2, 0.25) is 0 Å². The van der Waals surface area contributed by atoms with Crippen molar-refractivity contribution < 1.29 is 28.5 Å². The molecule has 0 aliphatic carbocycles. The van der Waals surface area contributed by atoms with E-state index >= 15 is 0 Å². The SMILES string of the molecule is COC(=O)CCC1=C(C)c2cc3[nH]c(cc4[nH]c(cc5nc(cc1n2)C(CCCOC=O)=C5C)c(C)c4C(C)OC)c(C)c3C(C)OC. The zero-order valence-electron chi connectivity index (χ0n) is 29.4. The van der Waals surface area contributed by atoms with E-state index in [9.17, 15) is 9.59 Å². The first-order valence-corrected chi connectivity index (χ1v) is 16.4. The number of allylic oxidation sites excluding steroid dienone is 4. The van der Waals surface area contributed by atoms with Crippen LogP contribution in [-0.2, 0) is 28.5 Å². The molecule has 2 aliphatic rings. The van der Waals surface area contributed by atoms with E-state index in [1.165, 1.54) is 7.11 Å². The highest BCUT2D eigenvalue weighted by Gasteiger charge is 2.24. The predicted octanol–water partition coefficient (Wildman–Crippen LogP) is 8.11. The van der Waals surface area contributed by atoms with Gasteiger partial charge in [0.05, 0.1) is 48.7 Å². The van der Waals surface area contributed by atoms with Crippen molar-refractivity contribution in [1.82, 2.24) is 19.9 Å². The predicted molar refractivity (Wildman–Crippen MR) is 189 cm³/mol. The molecule has 3 aromatic heterocycles. The molecule has 2 aliphatic heterocycles. The van der Waals surface area contributed by atoms with Gasteiger partial charge in [-0.15, -0.1) is 0 Å². The van der Waals surface area contributed by atoms with Crippen LogP contribution in [0.25, 0.3) is 44.4 Å². The molecule has 3 aromatic rings. The van der Waals surface area contributed by atoms with Gasteiger partial charge in [-0.2, -0.15) is 0 Å². The molecule has 0 aromatic carbocycles. The lowest BCUT2D eigenvalue weighted by Gasteiger charge is -2.10. The summed E-state index contributed by atoms with van der Waals surface area (Å²) in [5.74, 6) is -0.278. The Hall–Kier alpha value is -4.54. The van der Waals surface area contributed by atoms with Crippen molar-refractivity contribution in [3.63, 3.8) is 0 Å². The Morgan fingerprint density at radius 2 is 1.23 bits per heavy atom. The van der Waals surface area contributed by atoms with Crippen molar-refractivity contribution in [2.75, 3.05) is 27.9 Å². The smallest absolute Gasteiger partial charge is 0.305 e. The van der Waals surface area contributed by atoms with Crippen molar-refractivity contribution in [3.8, 4) is 0 Å². The lowest BCUT2D eigenvalue weighted by atomic mass is 9.98. The van der Waals surface area contributed by atoms with E-state index in [0.29, 0.717) is 32.3 Å². The Morgan fingerprint density at radius 3 is 1.75 bits per heavy atom. The molecule has 0 fully saturated rings. The third-order valence-electron chi connectivity index (χ3n) is 9.72. The van der Waals surface area contributed by atoms with Gasteiger partial charge in [0.1, 0.15) is 0 Å². The number of hydrogen-bond acceptors (Lipinski definition) is 8. The first-order chi connectivity index (χ1) is 23.0. The molecule has 0 saturated heterocycles. The maximum Gasteiger partial charge on any atom is 0.305 e. The summed E-state index contributed by atoms with van der Waals surface area (Å²) in [4.78, 5) is 40.7. The molecule has 48 heavy (non-hydrogen) atoms. The number of rotatable bonds is 12. The maximum atomic E-state index is 12.3. The maximum absolute atomic E-state index is 12.3. The topological polar surface area (TPSA) is 128 Å². The number of ether oxygens (including phenoxy) is 4. The van der Waals surface area contributed by atoms with Crippen molar-refractivity contribution >= 4 is 56.8 Å². The molecule has 0 radical (unpaired) electrons. The molecule has 5 rings (SSSR count). The molecule has 2 atom stereocenters. The van der Waals surface area contributed by atoms with E-state index < -0.39 is 0 Å². The molecular formula is C38H46N4O6. The fourth-order valence-corrected chi connectivity index (χ4v) is 6.77. The van der Waals surface area contributed by atoms with Crippen LogP contribution < -0.4 is 0 Å². The Morgan fingerprint density at radius 1 is 0.729 bits per heavy atom. The molecule has 8 bridgehead atoms. The summed E-state index contributed by atoms with van der Waals surface area (Å²) in [5, 5.41) is 0. The van der Waals surface area contributed by atoms with Gasteiger partial charge in [0, 0.05) is 53.8 Å². The number of aromatic nitrogens is 4. The van der Waals surface area contributed by atoms with Crippen LogP contribution in [0.5, 0.6) is 0 Å². The fraction of sp³-hybridized carbons (Fsp3) is 0.421. The van der Waals surface area contributed by atoms with Gasteiger partial charge in [-0.05, 0) is 118 Å². The van der Waals surface area contributed by atoms with Gasteiger partial charge in [0.2, 0.25) is 0 Å². The molecular weight excluding hydrogens is 608 g/mol. The highest BCUT2D eigenvalue weighted by atomic mass is 16.5. The summed E-state index contributed by atoms with van der Waals surface area (Å²) in [6, 6.07) is 8.32. The lowest BCUT2D eigenvalue weighted by molar-refractivity contribution is -0.140. The summed E-state index contributed by atoms with van der Waals surface area (Å²) in [6.45, 7) is 13.2. The number of aryl methyl sites for hydroxylation is 2. The second-order valence-electron chi connectivity index (χ2n) is 12.4. The van der Waals surface area contributed by atoms with Crippen LogP contribution in [0.4, 0.5) is 0 Å². The first kappa shape index (κ1) is 34.8. The number of aromatic amines is 2. The van der Waals surface area contributed by atoms with Gasteiger partial charge < -0.3 is 28.9 Å². The standard InChI is InChI=1S/C38H46N4O6/c1-20-26(11-10-14-48-19-43)32-18-33-27(12-13-36(44)47-9)21(2)29(40-33)16-34-38(25(6)46-8)23(4)31(42-34)17-35-37(24(5)45-7)22(3)30(41-35)15-28(20)39-32/h15-19,24-25,41-42H,10-14H2,1-9H3. The van der Waals surface area contributed by atoms with E-state index in [0.717, 1.165) is 89.4 Å². The second kappa shape index (κ2) is 14.7. The van der Waals surface area contributed by atoms with Gasteiger partial charge in [-0.25, -0.2) is 9.97 Å². The number of carbonyl (C=O) groups is 2. The lowest BCUT2D eigenvalue weighted by Crippen LogP contribution is -2.00. The highest BCUT2D eigenvalue weighted by Crippen LogP contribution is 2.39. The molecule has 2 N–H and O–H groups in total. The summed E-state index contributed by atoms with van der Waals surface area (Å²) >= 11 is 0. The molecule has 0 saturated carbocycles. The van der Waals surface area contributed by atoms with E-state index in [1.807, 2.05) is 19.9 Å². The minimum absolute atomic E-state index is 0.154. The highest BCUT2D eigenvalue weighted by molar-refractivity contribution is 5.96. The Balaban J connectivity index is 1.90. The number of hydrogen-bond donors (Lipinski definition) is 2. The van der Waals surface area contributed by atoms with Crippen molar-refractivity contribution in [1.29, 1.82) is 0 Å². The average Bonchev–Trinajstić information content (AvgIpc) is 3.74. The number of methoxy groups -OCH3 is 3. The van der Waals surface area contributed by atoms with Gasteiger partial charge in [0.25, 0.3) is 6.47 Å². The second-order valence-corrected chi connectivity index (χ2v) is 12.4. The quantitative estimate of drug-likeness (QED) is 0.114. The normalized spacial score (nSPS) is 14.4. The first-order valence-electron chi connectivity index (χ1n) is 16.4. The van der Waals surface area contributed by atoms with Gasteiger partial charge in [-0.3, -0.25) is 9.59 Å². The molecule has 2 unspecified atom stereocenters. The van der Waals surface area contributed by atoms with E-state index in [4.69, 9.17) is 28.9 Å². The van der Waals surface area contributed by atoms with Crippen LogP contribution in [0.15, 0.2) is 24.3 Å². The number of esters is 1. The summed E-state index contributed by atoms with van der Waals surface area (Å²) in [7, 11) is 4.84. The zero-order valence-corrected chi connectivity index (χ0v) is 29.4. The van der Waals surface area contributed by atoms with Gasteiger partial charge >= 0.3 is 5.97 Å².